The van der Waals surface area contributed by atoms with Crippen LogP contribution in [0.2, 0.25) is 0 Å². The van der Waals surface area contributed by atoms with Gasteiger partial charge in [-0.15, -0.1) is 0 Å². The minimum atomic E-state index is -0.0454. The van der Waals surface area contributed by atoms with Crippen LogP contribution < -0.4 is 19.8 Å². The number of nitrogens with zero attached hydrogens (tertiary/aromatic N) is 2. The van der Waals surface area contributed by atoms with Gasteiger partial charge in [0.05, 0.1) is 27.8 Å². The maximum atomic E-state index is 13.1. The SMILES string of the molecule is O=c1c2ccccc2oc2c(-c3ccc(-c4ccc5c(c4)Oc4cccc6c4N5c4ccccc4O6)cn3)cccc12. The topological polar surface area (TPSA) is 64.8 Å². The van der Waals surface area contributed by atoms with Gasteiger partial charge in [0.15, 0.2) is 23.0 Å². The number of ether oxygens (including phenoxy) is 2. The van der Waals surface area contributed by atoms with Gasteiger partial charge in [0, 0.05) is 17.3 Å². The van der Waals surface area contributed by atoms with Crippen molar-refractivity contribution in [1.82, 2.24) is 4.98 Å². The Morgan fingerprint density at radius 2 is 1.31 bits per heavy atom. The highest BCUT2D eigenvalue weighted by Gasteiger charge is 2.34. The van der Waals surface area contributed by atoms with Crippen molar-refractivity contribution < 1.29 is 13.9 Å². The van der Waals surface area contributed by atoms with Crippen LogP contribution in [0.5, 0.6) is 23.0 Å². The number of para-hydroxylation sites is 5. The van der Waals surface area contributed by atoms with Crippen molar-refractivity contribution in [2.24, 2.45) is 0 Å². The van der Waals surface area contributed by atoms with Gasteiger partial charge in [0.25, 0.3) is 0 Å². The molecule has 0 N–H and O–H groups in total. The largest absolute Gasteiger partial charge is 0.455 e. The molecule has 0 fully saturated rings. The summed E-state index contributed by atoms with van der Waals surface area (Å²) in [6.45, 7) is 0. The van der Waals surface area contributed by atoms with E-state index in [1.165, 1.54) is 0 Å². The van der Waals surface area contributed by atoms with Crippen molar-refractivity contribution >= 4 is 39.0 Å². The van der Waals surface area contributed by atoms with Gasteiger partial charge in [-0.1, -0.05) is 48.5 Å². The molecule has 0 saturated heterocycles. The van der Waals surface area contributed by atoms with Crippen LogP contribution in [0.15, 0.2) is 131 Å². The quantitative estimate of drug-likeness (QED) is 0.202. The molecule has 0 aliphatic carbocycles. The molecule has 198 valence electrons. The van der Waals surface area contributed by atoms with Crippen LogP contribution >= 0.6 is 0 Å². The minimum absolute atomic E-state index is 0.0454. The van der Waals surface area contributed by atoms with E-state index in [1.807, 2.05) is 91.1 Å². The molecular formula is C36H20N2O4. The number of aromatic nitrogens is 1. The Morgan fingerprint density at radius 1 is 0.595 bits per heavy atom. The molecule has 0 saturated carbocycles. The lowest BCUT2D eigenvalue weighted by atomic mass is 10.0. The minimum Gasteiger partial charge on any atom is -0.455 e. The van der Waals surface area contributed by atoms with E-state index in [4.69, 9.17) is 18.9 Å². The van der Waals surface area contributed by atoms with Crippen LogP contribution in [0.4, 0.5) is 17.1 Å². The van der Waals surface area contributed by atoms with Crippen LogP contribution in [0.25, 0.3) is 44.3 Å². The van der Waals surface area contributed by atoms with Crippen LogP contribution in [0.3, 0.4) is 0 Å². The van der Waals surface area contributed by atoms with Crippen molar-refractivity contribution in [2.75, 3.05) is 4.90 Å². The molecule has 2 aromatic heterocycles. The molecule has 0 radical (unpaired) electrons. The maximum absolute atomic E-state index is 13.1. The summed E-state index contributed by atoms with van der Waals surface area (Å²) < 4.78 is 18.8. The second-order valence-corrected chi connectivity index (χ2v) is 10.3. The molecule has 7 aromatic rings. The number of benzene rings is 5. The Morgan fingerprint density at radius 3 is 2.19 bits per heavy atom. The molecule has 2 aliphatic heterocycles. The number of hydrogen-bond acceptors (Lipinski definition) is 6. The Balaban J connectivity index is 1.12. The fourth-order valence-corrected chi connectivity index (χ4v) is 5.93. The molecule has 0 amide bonds. The zero-order valence-corrected chi connectivity index (χ0v) is 22.1. The standard InChI is InChI=1S/C36H20N2O4/c39-35-24-7-1-3-11-29(24)42-36-23(8-5-9-25(35)36)26-17-15-22(20-37-26)21-16-18-28-33(19-21)41-32-14-6-13-31-34(32)38(28)27-10-2-4-12-30(27)40-31/h1-20H. The molecule has 0 bridgehead atoms. The zero-order valence-electron chi connectivity index (χ0n) is 22.1. The van der Waals surface area contributed by atoms with Gasteiger partial charge in [-0.2, -0.15) is 0 Å². The summed E-state index contributed by atoms with van der Waals surface area (Å²) in [5.41, 5.74) is 7.28. The number of anilines is 3. The van der Waals surface area contributed by atoms with E-state index in [9.17, 15) is 4.79 Å². The molecule has 42 heavy (non-hydrogen) atoms. The maximum Gasteiger partial charge on any atom is 0.200 e. The first kappa shape index (κ1) is 22.9. The van der Waals surface area contributed by atoms with Crippen molar-refractivity contribution in [3.63, 3.8) is 0 Å². The fourth-order valence-electron chi connectivity index (χ4n) is 5.93. The van der Waals surface area contributed by atoms with Crippen molar-refractivity contribution in [3.05, 3.63) is 132 Å². The zero-order chi connectivity index (χ0) is 27.8. The highest BCUT2D eigenvalue weighted by Crippen LogP contribution is 2.59. The van der Waals surface area contributed by atoms with Gasteiger partial charge in [0.1, 0.15) is 16.9 Å². The highest BCUT2D eigenvalue weighted by molar-refractivity contribution is 5.97. The summed E-state index contributed by atoms with van der Waals surface area (Å²) >= 11 is 0. The van der Waals surface area contributed by atoms with Gasteiger partial charge >= 0.3 is 0 Å². The molecule has 4 heterocycles. The van der Waals surface area contributed by atoms with Crippen molar-refractivity contribution in [2.45, 2.75) is 0 Å². The monoisotopic (exact) mass is 544 g/mol. The van der Waals surface area contributed by atoms with E-state index < -0.39 is 0 Å². The third-order valence-electron chi connectivity index (χ3n) is 7.91. The lowest BCUT2D eigenvalue weighted by molar-refractivity contribution is 0.446. The number of pyridine rings is 1. The molecule has 6 nitrogen and oxygen atoms in total. The normalized spacial score (nSPS) is 12.7. The lowest BCUT2D eigenvalue weighted by Gasteiger charge is -2.37. The first-order valence-corrected chi connectivity index (χ1v) is 13.7. The Kier molecular flexibility index (Phi) is 4.66. The van der Waals surface area contributed by atoms with E-state index in [-0.39, 0.29) is 5.43 Å². The summed E-state index contributed by atoms with van der Waals surface area (Å²) in [7, 11) is 0. The number of hydrogen-bond donors (Lipinski definition) is 0. The Labute approximate surface area is 239 Å². The molecule has 9 rings (SSSR count). The average Bonchev–Trinajstić information content (AvgIpc) is 3.04. The van der Waals surface area contributed by atoms with E-state index in [1.54, 1.807) is 12.1 Å². The van der Waals surface area contributed by atoms with Gasteiger partial charge in [-0.05, 0) is 72.3 Å². The second-order valence-electron chi connectivity index (χ2n) is 10.3. The van der Waals surface area contributed by atoms with Crippen molar-refractivity contribution in [3.8, 4) is 45.4 Å². The van der Waals surface area contributed by atoms with Gasteiger partial charge in [-0.3, -0.25) is 14.7 Å². The second kappa shape index (κ2) is 8.56. The number of fused-ring (bicyclic) bond motifs is 6. The first-order valence-electron chi connectivity index (χ1n) is 13.7. The lowest BCUT2D eigenvalue weighted by Crippen LogP contribution is -2.20. The highest BCUT2D eigenvalue weighted by atomic mass is 16.5. The molecule has 0 unspecified atom stereocenters. The average molecular weight is 545 g/mol. The van der Waals surface area contributed by atoms with Crippen LogP contribution in [0, 0.1) is 0 Å². The van der Waals surface area contributed by atoms with Gasteiger partial charge in [-0.25, -0.2) is 0 Å². The van der Waals surface area contributed by atoms with Crippen LogP contribution in [0.1, 0.15) is 0 Å². The first-order chi connectivity index (χ1) is 20.7. The predicted octanol–water partition coefficient (Wildman–Crippen LogP) is 9.36. The van der Waals surface area contributed by atoms with E-state index in [0.29, 0.717) is 21.9 Å². The predicted molar refractivity (Wildman–Crippen MR) is 163 cm³/mol. The van der Waals surface area contributed by atoms with Gasteiger partial charge in [0.2, 0.25) is 5.43 Å². The fraction of sp³-hybridized carbons (Fsp3) is 0. The molecule has 0 atom stereocenters. The van der Waals surface area contributed by atoms with E-state index >= 15 is 0 Å². The summed E-state index contributed by atoms with van der Waals surface area (Å²) in [6.07, 6.45) is 1.84. The Hall–Kier alpha value is -5.88. The van der Waals surface area contributed by atoms with Gasteiger partial charge < -0.3 is 13.9 Å². The summed E-state index contributed by atoms with van der Waals surface area (Å²) in [6, 6.07) is 37.0. The Bertz CT molecular complexity index is 2290. The summed E-state index contributed by atoms with van der Waals surface area (Å²) in [5, 5.41) is 1.11. The number of rotatable bonds is 2. The molecule has 5 aromatic carbocycles. The molecule has 2 aliphatic rings. The van der Waals surface area contributed by atoms with E-state index in [0.717, 1.165) is 62.4 Å². The summed E-state index contributed by atoms with van der Waals surface area (Å²) in [5.74, 6) is 3.06. The molecular weight excluding hydrogens is 524 g/mol. The molecule has 6 heteroatoms. The van der Waals surface area contributed by atoms with Crippen LogP contribution in [-0.2, 0) is 0 Å². The third-order valence-corrected chi connectivity index (χ3v) is 7.91. The van der Waals surface area contributed by atoms with E-state index in [2.05, 4.69) is 23.1 Å². The molecule has 0 spiro atoms. The summed E-state index contributed by atoms with van der Waals surface area (Å²) in [4.78, 5) is 20.1. The third kappa shape index (κ3) is 3.26. The van der Waals surface area contributed by atoms with Crippen molar-refractivity contribution in [1.29, 1.82) is 0 Å². The van der Waals surface area contributed by atoms with Crippen LogP contribution in [-0.4, -0.2) is 4.98 Å². The smallest absolute Gasteiger partial charge is 0.200 e.